The Morgan fingerprint density at radius 2 is 0.905 bits per heavy atom. The van der Waals surface area contributed by atoms with Crippen LogP contribution in [-0.2, 0) is 55.6 Å². The summed E-state index contributed by atoms with van der Waals surface area (Å²) in [6.07, 6.45) is 1.81. The topological polar surface area (TPSA) is 201 Å². The number of hydrogen-bond donors (Lipinski definition) is 4. The summed E-state index contributed by atoms with van der Waals surface area (Å²) in [5.41, 5.74) is 5.03. The van der Waals surface area contributed by atoms with E-state index in [4.69, 9.17) is 0 Å². The predicted molar refractivity (Wildman–Crippen MR) is 244 cm³/mol. The molecule has 0 bridgehead atoms. The molecule has 16 heteroatoms. The number of benzene rings is 6. The Hall–Kier alpha value is -6.59. The molecule has 0 unspecified atom stereocenters. The highest BCUT2D eigenvalue weighted by molar-refractivity contribution is 7.95. The molecule has 0 atom stereocenters. The fraction of sp³-hybridized carbons (Fsp3) is 0.106. The van der Waals surface area contributed by atoms with Crippen LogP contribution in [-0.4, -0.2) is 47.4 Å². The van der Waals surface area contributed by atoms with Gasteiger partial charge in [0.25, 0.3) is 20.0 Å². The summed E-state index contributed by atoms with van der Waals surface area (Å²) in [6, 6.07) is 43.2. The van der Waals surface area contributed by atoms with E-state index in [9.17, 15) is 45.1 Å². The standard InChI is InChI=1S/C25H21NO6S3.C22H21NO4S/c27-25(28)22-12-6-4-8-18(22)14-15-19-9-5-7-13-23(19)26-35(31,32)24-16-21(17-33-24)34(29,30)20-10-2-1-3-11-20;1-16-7-6-10-19(15-16)28(26,27)23-21-12-5-3-9-18(21)14-13-17-8-2-4-11-20(17)22(24)25/h1-13,16-17,26H,14-15H2,(H,27,28);2-12,15,23H,13-14H2,1H3,(H,24,25). The van der Waals surface area contributed by atoms with Gasteiger partial charge in [-0.25, -0.2) is 34.8 Å². The van der Waals surface area contributed by atoms with Crippen molar-refractivity contribution in [2.24, 2.45) is 0 Å². The largest absolute Gasteiger partial charge is 0.478 e. The number of carbonyl (C=O) groups is 2. The first-order chi connectivity index (χ1) is 30.0. The van der Waals surface area contributed by atoms with Gasteiger partial charge in [0.05, 0.1) is 37.2 Å². The van der Waals surface area contributed by atoms with E-state index in [0.29, 0.717) is 53.7 Å². The second-order valence-corrected chi connectivity index (χ2v) is 20.6. The van der Waals surface area contributed by atoms with Gasteiger partial charge in [-0.05, 0) is 115 Å². The van der Waals surface area contributed by atoms with E-state index in [0.717, 1.165) is 28.5 Å². The van der Waals surface area contributed by atoms with Gasteiger partial charge in [-0.2, -0.15) is 0 Å². The third-order valence-electron chi connectivity index (χ3n) is 9.83. The van der Waals surface area contributed by atoms with Crippen LogP contribution in [0.3, 0.4) is 0 Å². The van der Waals surface area contributed by atoms with E-state index in [-0.39, 0.29) is 30.0 Å². The van der Waals surface area contributed by atoms with E-state index < -0.39 is 41.8 Å². The highest BCUT2D eigenvalue weighted by Gasteiger charge is 2.25. The molecule has 0 radical (unpaired) electrons. The van der Waals surface area contributed by atoms with Crippen LogP contribution >= 0.6 is 11.3 Å². The molecule has 0 saturated heterocycles. The number of carboxylic acids is 2. The highest BCUT2D eigenvalue weighted by atomic mass is 32.2. The maximum Gasteiger partial charge on any atom is 0.335 e. The lowest BCUT2D eigenvalue weighted by Gasteiger charge is -2.13. The molecule has 7 rings (SSSR count). The van der Waals surface area contributed by atoms with Crippen LogP contribution < -0.4 is 9.44 Å². The SMILES string of the molecule is Cc1cccc(S(=O)(=O)Nc2ccccc2CCc2ccccc2C(=O)O)c1.O=C(O)c1ccccc1CCc1ccccc1NS(=O)(=O)c1cc(S(=O)(=O)c2ccccc2)cs1. The predicted octanol–water partition coefficient (Wildman–Crippen LogP) is 9.14. The van der Waals surface area contributed by atoms with Crippen molar-refractivity contribution >= 4 is 64.5 Å². The molecule has 4 N–H and O–H groups in total. The van der Waals surface area contributed by atoms with Gasteiger partial charge in [-0.3, -0.25) is 9.44 Å². The van der Waals surface area contributed by atoms with Crippen molar-refractivity contribution < 1.29 is 45.1 Å². The number of rotatable bonds is 16. The van der Waals surface area contributed by atoms with E-state index in [1.54, 1.807) is 115 Å². The number of anilines is 2. The van der Waals surface area contributed by atoms with Gasteiger partial charge >= 0.3 is 11.9 Å². The molecule has 0 spiro atoms. The van der Waals surface area contributed by atoms with Crippen molar-refractivity contribution in [3.63, 3.8) is 0 Å². The Kier molecular flexibility index (Phi) is 14.6. The Morgan fingerprint density at radius 1 is 0.476 bits per heavy atom. The lowest BCUT2D eigenvalue weighted by atomic mass is 9.99. The number of para-hydroxylation sites is 2. The summed E-state index contributed by atoms with van der Waals surface area (Å²) in [7, 11) is -11.6. The van der Waals surface area contributed by atoms with Gasteiger partial charge in [-0.15, -0.1) is 11.3 Å². The fourth-order valence-electron chi connectivity index (χ4n) is 6.61. The Balaban J connectivity index is 0.000000215. The summed E-state index contributed by atoms with van der Waals surface area (Å²) in [5.74, 6) is -1.99. The highest BCUT2D eigenvalue weighted by Crippen LogP contribution is 2.31. The second-order valence-electron chi connectivity index (χ2n) is 14.2. The molecular formula is C47H42N2O10S4. The van der Waals surface area contributed by atoms with Crippen LogP contribution in [0.2, 0.25) is 0 Å². The molecular weight excluding hydrogens is 881 g/mol. The van der Waals surface area contributed by atoms with Gasteiger partial charge in [-0.1, -0.05) is 103 Å². The number of sulfonamides is 2. The lowest BCUT2D eigenvalue weighted by molar-refractivity contribution is 0.0684. The second kappa shape index (κ2) is 20.1. The third kappa shape index (κ3) is 11.7. The average molecular weight is 923 g/mol. The van der Waals surface area contributed by atoms with Crippen molar-refractivity contribution in [2.45, 2.75) is 51.5 Å². The smallest absolute Gasteiger partial charge is 0.335 e. The van der Waals surface area contributed by atoms with Crippen LogP contribution in [0, 0.1) is 6.92 Å². The minimum atomic E-state index is -4.05. The normalized spacial score (nSPS) is 11.5. The van der Waals surface area contributed by atoms with E-state index in [1.165, 1.54) is 23.6 Å². The van der Waals surface area contributed by atoms with Gasteiger partial charge < -0.3 is 10.2 Å². The van der Waals surface area contributed by atoms with Crippen LogP contribution in [0.4, 0.5) is 11.4 Å². The summed E-state index contributed by atoms with van der Waals surface area (Å²) in [4.78, 5) is 23.1. The summed E-state index contributed by atoms with van der Waals surface area (Å²) in [5, 5.41) is 20.0. The fourth-order valence-corrected chi connectivity index (χ4v) is 11.8. The molecule has 1 heterocycles. The zero-order valence-corrected chi connectivity index (χ0v) is 37.0. The monoisotopic (exact) mass is 922 g/mol. The lowest BCUT2D eigenvalue weighted by Crippen LogP contribution is -2.14. The third-order valence-corrected chi connectivity index (χ3v) is 15.9. The van der Waals surface area contributed by atoms with Crippen molar-refractivity contribution in [3.05, 3.63) is 202 Å². The minimum absolute atomic E-state index is 0.0849. The molecule has 1 aromatic heterocycles. The zero-order valence-electron chi connectivity index (χ0n) is 33.7. The first-order valence-corrected chi connectivity index (χ1v) is 24.7. The first kappa shape index (κ1) is 45.9. The average Bonchev–Trinajstić information content (AvgIpc) is 3.80. The molecule has 0 aliphatic rings. The number of thiophene rings is 1. The van der Waals surface area contributed by atoms with Gasteiger partial charge in [0, 0.05) is 5.38 Å². The molecule has 0 aliphatic carbocycles. The van der Waals surface area contributed by atoms with E-state index in [2.05, 4.69) is 9.44 Å². The maximum absolute atomic E-state index is 13.1. The van der Waals surface area contributed by atoms with Crippen LogP contribution in [0.5, 0.6) is 0 Å². The van der Waals surface area contributed by atoms with Crippen molar-refractivity contribution in [1.82, 2.24) is 0 Å². The van der Waals surface area contributed by atoms with Crippen LogP contribution in [0.25, 0.3) is 0 Å². The molecule has 12 nitrogen and oxygen atoms in total. The van der Waals surface area contributed by atoms with Gasteiger partial charge in [0.1, 0.15) is 4.21 Å². The van der Waals surface area contributed by atoms with Crippen molar-refractivity contribution in [3.8, 4) is 0 Å². The Labute approximate surface area is 370 Å². The Morgan fingerprint density at radius 3 is 1.41 bits per heavy atom. The van der Waals surface area contributed by atoms with E-state index in [1.807, 2.05) is 25.1 Å². The molecule has 324 valence electrons. The van der Waals surface area contributed by atoms with E-state index >= 15 is 0 Å². The molecule has 7 aromatic rings. The maximum atomic E-state index is 13.1. The van der Waals surface area contributed by atoms with Crippen LogP contribution in [0.1, 0.15) is 48.5 Å². The number of aromatic carboxylic acids is 2. The molecule has 0 aliphatic heterocycles. The summed E-state index contributed by atoms with van der Waals surface area (Å²) >= 11 is 0.824. The minimum Gasteiger partial charge on any atom is -0.478 e. The first-order valence-electron chi connectivity index (χ1n) is 19.3. The zero-order chi connectivity index (χ0) is 45.2. The van der Waals surface area contributed by atoms with Gasteiger partial charge in [0.15, 0.2) is 0 Å². The summed E-state index contributed by atoms with van der Waals surface area (Å²) < 4.78 is 82.4. The number of hydrogen-bond acceptors (Lipinski definition) is 9. The van der Waals surface area contributed by atoms with Crippen molar-refractivity contribution in [2.75, 3.05) is 9.44 Å². The summed E-state index contributed by atoms with van der Waals surface area (Å²) in [6.45, 7) is 1.84. The molecule has 0 saturated carbocycles. The molecule has 0 fully saturated rings. The number of aryl methyl sites for hydroxylation is 5. The number of nitrogens with one attached hydrogen (secondary N) is 2. The molecule has 6 aromatic carbocycles. The quantitative estimate of drug-likeness (QED) is 0.0724. The number of sulfone groups is 1. The van der Waals surface area contributed by atoms with Crippen LogP contribution in [0.15, 0.2) is 182 Å². The molecule has 63 heavy (non-hydrogen) atoms. The molecule has 0 amide bonds. The van der Waals surface area contributed by atoms with Crippen molar-refractivity contribution in [1.29, 1.82) is 0 Å². The van der Waals surface area contributed by atoms with Gasteiger partial charge in [0.2, 0.25) is 9.84 Å². The Bertz CT molecular complexity index is 3100. The number of carboxylic acid groups (broad SMARTS) is 2.